The molecule has 0 saturated heterocycles. The van der Waals surface area contributed by atoms with Gasteiger partial charge in [0.15, 0.2) is 11.3 Å². The third kappa shape index (κ3) is 4.36. The summed E-state index contributed by atoms with van der Waals surface area (Å²) in [6, 6.07) is 18.6. The second-order valence-corrected chi connectivity index (χ2v) is 8.88. The maximum absolute atomic E-state index is 13.4. The highest BCUT2D eigenvalue weighted by molar-refractivity contribution is 9.10. The van der Waals surface area contributed by atoms with Crippen LogP contribution in [0.1, 0.15) is 23.0 Å². The first-order valence-corrected chi connectivity index (χ1v) is 11.6. The molecule has 0 aliphatic rings. The Morgan fingerprint density at radius 2 is 1.79 bits per heavy atom. The lowest BCUT2D eigenvalue weighted by atomic mass is 10.1. The molecule has 0 bridgehead atoms. The number of oxazole rings is 1. The molecule has 0 fully saturated rings. The zero-order valence-corrected chi connectivity index (χ0v) is 20.2. The minimum atomic E-state index is -0.519. The number of hydrogen-bond acceptors (Lipinski definition) is 4. The first-order chi connectivity index (χ1) is 16.4. The highest BCUT2D eigenvalue weighted by Crippen LogP contribution is 2.32. The molecular weight excluding hydrogens is 523 g/mol. The van der Waals surface area contributed by atoms with E-state index in [9.17, 15) is 9.18 Å². The number of aromatic nitrogens is 1. The zero-order valence-electron chi connectivity index (χ0n) is 17.9. The maximum Gasteiger partial charge on any atom is 0.291 e. The molecule has 0 spiro atoms. The van der Waals surface area contributed by atoms with Gasteiger partial charge in [0.25, 0.3) is 5.91 Å². The van der Waals surface area contributed by atoms with E-state index >= 15 is 0 Å². The van der Waals surface area contributed by atoms with Crippen LogP contribution < -0.4 is 5.32 Å². The summed E-state index contributed by atoms with van der Waals surface area (Å²) in [4.78, 5) is 17.2. The van der Waals surface area contributed by atoms with Crippen LogP contribution >= 0.6 is 27.5 Å². The van der Waals surface area contributed by atoms with Gasteiger partial charge in [-0.25, -0.2) is 9.37 Å². The van der Waals surface area contributed by atoms with E-state index in [0.717, 1.165) is 22.0 Å². The van der Waals surface area contributed by atoms with Gasteiger partial charge in [0.05, 0.1) is 9.50 Å². The topological polar surface area (TPSA) is 68.3 Å². The van der Waals surface area contributed by atoms with Gasteiger partial charge in [-0.05, 0) is 94.6 Å². The van der Waals surface area contributed by atoms with E-state index in [1.807, 2.05) is 24.3 Å². The Hall–Kier alpha value is -3.42. The number of aryl methyl sites for hydroxylation is 1. The normalized spacial score (nSPS) is 11.2. The molecule has 0 atom stereocenters. The Morgan fingerprint density at radius 1 is 1.03 bits per heavy atom. The second-order valence-electron chi connectivity index (χ2n) is 7.62. The lowest BCUT2D eigenvalue weighted by molar-refractivity contribution is 0.0997. The Morgan fingerprint density at radius 3 is 2.53 bits per heavy atom. The van der Waals surface area contributed by atoms with Crippen LogP contribution in [-0.2, 0) is 6.42 Å². The van der Waals surface area contributed by atoms with E-state index < -0.39 is 11.7 Å². The van der Waals surface area contributed by atoms with E-state index in [1.165, 1.54) is 23.8 Å². The number of nitrogens with one attached hydrogen (secondary N) is 1. The summed E-state index contributed by atoms with van der Waals surface area (Å²) in [6.07, 6.45) is 0.903. The van der Waals surface area contributed by atoms with E-state index in [-0.39, 0.29) is 10.8 Å². The summed E-state index contributed by atoms with van der Waals surface area (Å²) >= 11 is 9.38. The van der Waals surface area contributed by atoms with E-state index in [2.05, 4.69) is 33.2 Å². The molecule has 34 heavy (non-hydrogen) atoms. The SMILES string of the molecule is CCc1cc(Br)c2oc(-c3ccc(NC(=O)c4ccc(-c5ccc(F)c(Cl)c5)o4)cc3)nc2c1. The van der Waals surface area contributed by atoms with Gasteiger partial charge < -0.3 is 14.2 Å². The number of amides is 1. The molecule has 3 aromatic carbocycles. The quantitative estimate of drug-likeness (QED) is 0.245. The van der Waals surface area contributed by atoms with Crippen LogP contribution in [0.25, 0.3) is 33.9 Å². The van der Waals surface area contributed by atoms with Crippen molar-refractivity contribution in [2.75, 3.05) is 5.32 Å². The van der Waals surface area contributed by atoms with Crippen molar-refractivity contribution >= 4 is 50.2 Å². The minimum absolute atomic E-state index is 0.0166. The van der Waals surface area contributed by atoms with Crippen molar-refractivity contribution in [3.05, 3.63) is 93.4 Å². The summed E-state index contributed by atoms with van der Waals surface area (Å²) in [5.41, 5.74) is 4.59. The van der Waals surface area contributed by atoms with Crippen molar-refractivity contribution in [1.82, 2.24) is 4.98 Å². The summed E-state index contributed by atoms with van der Waals surface area (Å²) in [5.74, 6) is 0.0981. The van der Waals surface area contributed by atoms with E-state index in [4.69, 9.17) is 20.4 Å². The van der Waals surface area contributed by atoms with Crippen LogP contribution in [0.15, 0.2) is 80.0 Å². The van der Waals surface area contributed by atoms with Crippen LogP contribution in [0.2, 0.25) is 5.02 Å². The number of carbonyl (C=O) groups is 1. The Labute approximate surface area is 207 Å². The summed E-state index contributed by atoms with van der Waals surface area (Å²) in [5, 5.41) is 2.78. The molecule has 5 nitrogen and oxygen atoms in total. The molecule has 170 valence electrons. The number of halogens is 3. The van der Waals surface area contributed by atoms with Crippen molar-refractivity contribution in [2.24, 2.45) is 0 Å². The van der Waals surface area contributed by atoms with Gasteiger partial charge >= 0.3 is 0 Å². The van der Waals surface area contributed by atoms with Crippen LogP contribution in [0.4, 0.5) is 10.1 Å². The third-order valence-electron chi connectivity index (χ3n) is 5.34. The van der Waals surface area contributed by atoms with Crippen LogP contribution in [0, 0.1) is 5.82 Å². The molecule has 0 saturated carbocycles. The molecule has 0 radical (unpaired) electrons. The second kappa shape index (κ2) is 9.08. The Bertz CT molecular complexity index is 1530. The first-order valence-electron chi connectivity index (χ1n) is 10.5. The smallest absolute Gasteiger partial charge is 0.291 e. The van der Waals surface area contributed by atoms with Crippen LogP contribution in [0.5, 0.6) is 0 Å². The van der Waals surface area contributed by atoms with Crippen molar-refractivity contribution < 1.29 is 18.0 Å². The predicted octanol–water partition coefficient (Wildman–Crippen LogP) is 8.12. The van der Waals surface area contributed by atoms with Crippen LogP contribution in [0.3, 0.4) is 0 Å². The van der Waals surface area contributed by atoms with Crippen molar-refractivity contribution in [1.29, 1.82) is 0 Å². The monoisotopic (exact) mass is 538 g/mol. The van der Waals surface area contributed by atoms with Gasteiger partial charge in [-0.3, -0.25) is 4.79 Å². The zero-order chi connectivity index (χ0) is 23.8. The molecule has 5 aromatic rings. The molecule has 2 aromatic heterocycles. The van der Waals surface area contributed by atoms with Gasteiger partial charge in [-0.1, -0.05) is 18.5 Å². The average molecular weight is 540 g/mol. The largest absolute Gasteiger partial charge is 0.451 e. The lowest BCUT2D eigenvalue weighted by Crippen LogP contribution is -2.10. The van der Waals surface area contributed by atoms with Gasteiger partial charge in [-0.2, -0.15) is 0 Å². The van der Waals surface area contributed by atoms with Gasteiger partial charge in [0.1, 0.15) is 17.1 Å². The van der Waals surface area contributed by atoms with Crippen molar-refractivity contribution in [3.63, 3.8) is 0 Å². The highest BCUT2D eigenvalue weighted by Gasteiger charge is 2.15. The first kappa shape index (κ1) is 22.4. The summed E-state index contributed by atoms with van der Waals surface area (Å²) < 4.78 is 25.8. The molecule has 8 heteroatoms. The van der Waals surface area contributed by atoms with Gasteiger partial charge in [-0.15, -0.1) is 0 Å². The number of benzene rings is 3. The molecule has 0 unspecified atom stereocenters. The fourth-order valence-corrected chi connectivity index (χ4v) is 4.29. The minimum Gasteiger partial charge on any atom is -0.451 e. The molecule has 0 aliphatic carbocycles. The summed E-state index contributed by atoms with van der Waals surface area (Å²) in [7, 11) is 0. The fourth-order valence-electron chi connectivity index (χ4n) is 3.53. The molecular formula is C26H17BrClFN2O3. The van der Waals surface area contributed by atoms with E-state index in [1.54, 1.807) is 24.3 Å². The van der Waals surface area contributed by atoms with Gasteiger partial charge in [0.2, 0.25) is 5.89 Å². The average Bonchev–Trinajstić information content (AvgIpc) is 3.49. The molecule has 0 aliphatic heterocycles. The molecule has 2 heterocycles. The number of fused-ring (bicyclic) bond motifs is 1. The highest BCUT2D eigenvalue weighted by atomic mass is 79.9. The van der Waals surface area contributed by atoms with E-state index in [0.29, 0.717) is 28.5 Å². The molecule has 1 N–H and O–H groups in total. The van der Waals surface area contributed by atoms with Crippen LogP contribution in [-0.4, -0.2) is 10.9 Å². The molecule has 1 amide bonds. The van der Waals surface area contributed by atoms with Crippen molar-refractivity contribution in [3.8, 4) is 22.8 Å². The standard InChI is InChI=1S/C26H17BrClFN2O3/c1-2-14-11-18(27)24-21(12-14)31-26(34-24)15-3-6-17(7-4-15)30-25(32)23-10-9-22(33-23)16-5-8-20(29)19(28)13-16/h3-13H,2H2,1H3,(H,30,32). The van der Waals surface area contributed by atoms with Gasteiger partial charge in [0, 0.05) is 16.8 Å². The number of nitrogens with zero attached hydrogens (tertiary/aromatic N) is 1. The fraction of sp³-hybridized carbons (Fsp3) is 0.0769. The van der Waals surface area contributed by atoms with Crippen molar-refractivity contribution in [2.45, 2.75) is 13.3 Å². The summed E-state index contributed by atoms with van der Waals surface area (Å²) in [6.45, 7) is 2.09. The maximum atomic E-state index is 13.4. The predicted molar refractivity (Wildman–Crippen MR) is 134 cm³/mol. The Balaban J connectivity index is 1.32. The number of carbonyl (C=O) groups excluding carboxylic acids is 1. The lowest BCUT2D eigenvalue weighted by Gasteiger charge is -2.04. The Kier molecular flexibility index (Phi) is 5.98. The number of hydrogen-bond donors (Lipinski definition) is 1. The number of anilines is 1. The number of furan rings is 1. The number of rotatable bonds is 5. The third-order valence-corrected chi connectivity index (χ3v) is 6.22. The molecule has 5 rings (SSSR count).